The van der Waals surface area contributed by atoms with Crippen LogP contribution in [0.25, 0.3) is 0 Å². The number of ether oxygens (including phenoxy) is 2. The highest BCUT2D eigenvalue weighted by Gasteiger charge is 2.32. The van der Waals surface area contributed by atoms with Gasteiger partial charge < -0.3 is 14.8 Å². The maximum Gasteiger partial charge on any atom is 0.416 e. The van der Waals surface area contributed by atoms with E-state index < -0.39 is 33.7 Å². The SMILES string of the molecule is CCOCCC(CNC(=O)c1ccc(C(F)(F)F)cc1OCC)c1ccc(S(=O)(=O)N(c2nncs2)C(C)C)cc1. The number of nitrogens with zero attached hydrogens (tertiary/aromatic N) is 3. The Kier molecular flexibility index (Phi) is 11.1. The van der Waals surface area contributed by atoms with Crippen molar-refractivity contribution >= 4 is 32.4 Å². The lowest BCUT2D eigenvalue weighted by Crippen LogP contribution is -2.37. The van der Waals surface area contributed by atoms with Crippen LogP contribution in [0.4, 0.5) is 18.3 Å². The van der Waals surface area contributed by atoms with Crippen molar-refractivity contribution in [1.82, 2.24) is 15.5 Å². The molecule has 1 N–H and O–H groups in total. The summed E-state index contributed by atoms with van der Waals surface area (Å²) in [5.74, 6) is -1.02. The quantitative estimate of drug-likeness (QED) is 0.239. The van der Waals surface area contributed by atoms with Crippen LogP contribution >= 0.6 is 11.3 Å². The third kappa shape index (κ3) is 8.17. The highest BCUT2D eigenvalue weighted by Crippen LogP contribution is 2.33. The fourth-order valence-corrected chi connectivity index (χ4v) is 6.64. The summed E-state index contributed by atoms with van der Waals surface area (Å²) >= 11 is 1.12. The molecule has 2 aromatic carbocycles. The van der Waals surface area contributed by atoms with Gasteiger partial charge in [-0.25, -0.2) is 12.7 Å². The molecular formula is C27H33F3N4O5S2. The lowest BCUT2D eigenvalue weighted by molar-refractivity contribution is -0.137. The molecule has 1 heterocycles. The Morgan fingerprint density at radius 1 is 1.10 bits per heavy atom. The van der Waals surface area contributed by atoms with Gasteiger partial charge in [-0.15, -0.1) is 10.2 Å². The first kappa shape index (κ1) is 32.3. The highest BCUT2D eigenvalue weighted by atomic mass is 32.2. The molecule has 0 aliphatic heterocycles. The number of sulfonamides is 1. The molecule has 3 rings (SSSR count). The van der Waals surface area contributed by atoms with E-state index in [2.05, 4.69) is 15.5 Å². The number of rotatable bonds is 14. The minimum atomic E-state index is -4.58. The molecule has 0 aliphatic carbocycles. The van der Waals surface area contributed by atoms with E-state index in [1.165, 1.54) is 21.9 Å². The van der Waals surface area contributed by atoms with E-state index in [1.54, 1.807) is 32.9 Å². The number of amides is 1. The molecule has 0 bridgehead atoms. The molecule has 0 saturated carbocycles. The van der Waals surface area contributed by atoms with Crippen LogP contribution in [-0.4, -0.2) is 56.9 Å². The Balaban J connectivity index is 1.82. The van der Waals surface area contributed by atoms with Gasteiger partial charge in [-0.1, -0.05) is 23.5 Å². The van der Waals surface area contributed by atoms with E-state index in [0.717, 1.165) is 35.1 Å². The maximum atomic E-state index is 13.4. The van der Waals surface area contributed by atoms with Crippen LogP contribution in [0.15, 0.2) is 52.9 Å². The second-order valence-corrected chi connectivity index (χ2v) is 11.8. The zero-order valence-corrected chi connectivity index (χ0v) is 24.8. The molecular weight excluding hydrogens is 581 g/mol. The Morgan fingerprint density at radius 2 is 1.80 bits per heavy atom. The summed E-state index contributed by atoms with van der Waals surface area (Å²) < 4.78 is 78.4. The van der Waals surface area contributed by atoms with Gasteiger partial charge in [-0.05, 0) is 70.0 Å². The molecule has 1 amide bonds. The average molecular weight is 615 g/mol. The third-order valence-electron chi connectivity index (χ3n) is 6.09. The second kappa shape index (κ2) is 14.1. The third-order valence-corrected chi connectivity index (χ3v) is 8.88. The number of hydrogen-bond donors (Lipinski definition) is 1. The van der Waals surface area contributed by atoms with E-state index >= 15 is 0 Å². The monoisotopic (exact) mass is 614 g/mol. The number of hydrogen-bond acceptors (Lipinski definition) is 8. The number of aromatic nitrogens is 2. The molecule has 0 aliphatic rings. The number of carbonyl (C=O) groups excluding carboxylic acids is 1. The lowest BCUT2D eigenvalue weighted by atomic mass is 9.95. The van der Waals surface area contributed by atoms with E-state index in [0.29, 0.717) is 19.6 Å². The van der Waals surface area contributed by atoms with Gasteiger partial charge in [-0.2, -0.15) is 13.2 Å². The van der Waals surface area contributed by atoms with Gasteiger partial charge in [0.15, 0.2) is 0 Å². The Labute approximate surface area is 241 Å². The van der Waals surface area contributed by atoms with Gasteiger partial charge in [0, 0.05) is 31.7 Å². The normalized spacial score (nSPS) is 12.8. The minimum absolute atomic E-state index is 0.0182. The van der Waals surface area contributed by atoms with E-state index in [9.17, 15) is 26.4 Å². The van der Waals surface area contributed by atoms with Crippen molar-refractivity contribution in [2.24, 2.45) is 0 Å². The molecule has 41 heavy (non-hydrogen) atoms. The number of halogens is 3. The second-order valence-electron chi connectivity index (χ2n) is 9.22. The number of carbonyl (C=O) groups is 1. The van der Waals surface area contributed by atoms with Gasteiger partial charge in [0.25, 0.3) is 15.9 Å². The van der Waals surface area contributed by atoms with E-state index in [-0.39, 0.29) is 40.4 Å². The zero-order chi connectivity index (χ0) is 30.2. The number of anilines is 1. The maximum absolute atomic E-state index is 13.4. The number of alkyl halides is 3. The molecule has 9 nitrogen and oxygen atoms in total. The van der Waals surface area contributed by atoms with Crippen LogP contribution in [-0.2, 0) is 20.9 Å². The summed E-state index contributed by atoms with van der Waals surface area (Å²) in [7, 11) is -3.92. The predicted octanol–water partition coefficient (Wildman–Crippen LogP) is 5.50. The lowest BCUT2D eigenvalue weighted by Gasteiger charge is -2.25. The molecule has 1 aromatic heterocycles. The Bertz CT molecular complexity index is 1380. The summed E-state index contributed by atoms with van der Waals surface area (Å²) in [6.07, 6.45) is -4.07. The summed E-state index contributed by atoms with van der Waals surface area (Å²) in [5.41, 5.74) is 1.29. The standard InChI is InChI=1S/C27H33F3N4O5S2/c1-5-38-14-13-20(16-31-25(35)23-12-9-21(27(28,29)30)15-24(23)39-6-2)19-7-10-22(11-8-19)41(36,37)34(18(3)4)26-33-32-17-40-26/h7-12,15,17-18,20H,5-6,13-14,16H2,1-4H3,(H,31,35). The van der Waals surface area contributed by atoms with Crippen molar-refractivity contribution in [3.05, 3.63) is 64.7 Å². The van der Waals surface area contributed by atoms with Crippen LogP contribution < -0.4 is 14.4 Å². The van der Waals surface area contributed by atoms with Gasteiger partial charge in [0.2, 0.25) is 5.13 Å². The minimum Gasteiger partial charge on any atom is -0.493 e. The van der Waals surface area contributed by atoms with E-state index in [1.807, 2.05) is 6.92 Å². The zero-order valence-electron chi connectivity index (χ0n) is 23.1. The van der Waals surface area contributed by atoms with Crippen molar-refractivity contribution < 1.29 is 35.9 Å². The van der Waals surface area contributed by atoms with Crippen molar-refractivity contribution in [3.63, 3.8) is 0 Å². The molecule has 0 saturated heterocycles. The smallest absolute Gasteiger partial charge is 0.416 e. The average Bonchev–Trinajstić information content (AvgIpc) is 3.44. The first-order valence-electron chi connectivity index (χ1n) is 13.0. The van der Waals surface area contributed by atoms with Crippen LogP contribution in [0, 0.1) is 0 Å². The molecule has 14 heteroatoms. The molecule has 1 atom stereocenters. The summed E-state index contributed by atoms with van der Waals surface area (Å²) in [5, 5.41) is 10.7. The fraction of sp³-hybridized carbons (Fsp3) is 0.444. The van der Waals surface area contributed by atoms with Crippen molar-refractivity contribution in [3.8, 4) is 5.75 Å². The predicted molar refractivity (Wildman–Crippen MR) is 150 cm³/mol. The van der Waals surface area contributed by atoms with Crippen LogP contribution in [0.5, 0.6) is 5.75 Å². The van der Waals surface area contributed by atoms with Gasteiger partial charge in [0.1, 0.15) is 11.3 Å². The first-order valence-corrected chi connectivity index (χ1v) is 15.3. The van der Waals surface area contributed by atoms with Crippen molar-refractivity contribution in [1.29, 1.82) is 0 Å². The Hall–Kier alpha value is -3.23. The van der Waals surface area contributed by atoms with Crippen LogP contribution in [0.2, 0.25) is 0 Å². The molecule has 3 aromatic rings. The van der Waals surface area contributed by atoms with Gasteiger partial charge in [-0.3, -0.25) is 4.79 Å². The van der Waals surface area contributed by atoms with Gasteiger partial charge in [0.05, 0.1) is 22.6 Å². The number of benzene rings is 2. The molecule has 0 radical (unpaired) electrons. The highest BCUT2D eigenvalue weighted by molar-refractivity contribution is 7.93. The van der Waals surface area contributed by atoms with Crippen molar-refractivity contribution in [2.75, 3.05) is 30.7 Å². The summed E-state index contributed by atoms with van der Waals surface area (Å²) in [6, 6.07) is 8.71. The van der Waals surface area contributed by atoms with Gasteiger partial charge >= 0.3 is 6.18 Å². The number of nitrogens with one attached hydrogen (secondary N) is 1. The van der Waals surface area contributed by atoms with Crippen LogP contribution in [0.3, 0.4) is 0 Å². The summed E-state index contributed by atoms with van der Waals surface area (Å²) in [4.78, 5) is 13.1. The van der Waals surface area contributed by atoms with E-state index in [4.69, 9.17) is 9.47 Å². The largest absolute Gasteiger partial charge is 0.493 e. The van der Waals surface area contributed by atoms with Crippen molar-refractivity contribution in [2.45, 2.75) is 57.1 Å². The summed E-state index contributed by atoms with van der Waals surface area (Å²) in [6.45, 7) is 8.06. The molecule has 224 valence electrons. The Morgan fingerprint density at radius 3 is 2.37 bits per heavy atom. The molecule has 0 fully saturated rings. The fourth-order valence-electron chi connectivity index (χ4n) is 4.12. The molecule has 0 spiro atoms. The first-order chi connectivity index (χ1) is 19.4. The van der Waals surface area contributed by atoms with Crippen LogP contribution in [0.1, 0.15) is 61.5 Å². The molecule has 1 unspecified atom stereocenters. The topological polar surface area (TPSA) is 111 Å².